The fourth-order valence-corrected chi connectivity index (χ4v) is 1.28. The summed E-state index contributed by atoms with van der Waals surface area (Å²) in [6.45, 7) is 9.96. The highest BCUT2D eigenvalue weighted by Crippen LogP contribution is 2.18. The maximum absolute atomic E-state index is 9.00. The van der Waals surface area contributed by atoms with Crippen molar-refractivity contribution >= 4 is 5.97 Å². The van der Waals surface area contributed by atoms with Crippen LogP contribution >= 0.6 is 0 Å². The molecule has 3 heteroatoms. The van der Waals surface area contributed by atoms with Gasteiger partial charge in [-0.25, -0.2) is 0 Å². The smallest absolute Gasteiger partial charge is 0.300 e. The van der Waals surface area contributed by atoms with Gasteiger partial charge in [0.25, 0.3) is 5.97 Å². The molecular weight excluding hydrogens is 214 g/mol. The van der Waals surface area contributed by atoms with E-state index >= 15 is 0 Å². The van der Waals surface area contributed by atoms with Gasteiger partial charge in [-0.15, -0.1) is 6.58 Å². The lowest BCUT2D eigenvalue weighted by molar-refractivity contribution is -0.134. The van der Waals surface area contributed by atoms with Crippen molar-refractivity contribution in [1.29, 1.82) is 0 Å². The standard InChI is InChI=1S/C12H17N.C2H4O2/c1-4-10-13-12(2,3)11-8-6-5-7-9-11;1-2(3)4/h4-9,13H,1,10H2,2-3H3;1H3,(H,3,4). The number of hydrogen-bond donors (Lipinski definition) is 2. The number of rotatable bonds is 4. The van der Waals surface area contributed by atoms with Gasteiger partial charge in [-0.3, -0.25) is 4.79 Å². The minimum Gasteiger partial charge on any atom is -0.481 e. The molecule has 0 heterocycles. The molecular formula is C14H21NO2. The third kappa shape index (κ3) is 7.30. The maximum atomic E-state index is 9.00. The van der Waals surface area contributed by atoms with E-state index < -0.39 is 5.97 Å². The lowest BCUT2D eigenvalue weighted by Crippen LogP contribution is -2.36. The Labute approximate surface area is 103 Å². The number of nitrogens with one attached hydrogen (secondary N) is 1. The number of carboxylic acid groups (broad SMARTS) is 1. The van der Waals surface area contributed by atoms with Crippen LogP contribution in [0.3, 0.4) is 0 Å². The highest BCUT2D eigenvalue weighted by molar-refractivity contribution is 5.62. The van der Waals surface area contributed by atoms with Gasteiger partial charge in [-0.2, -0.15) is 0 Å². The van der Waals surface area contributed by atoms with Crippen LogP contribution in [0.5, 0.6) is 0 Å². The summed E-state index contributed by atoms with van der Waals surface area (Å²) in [7, 11) is 0. The molecule has 0 saturated heterocycles. The Morgan fingerprint density at radius 2 is 1.88 bits per heavy atom. The summed E-state index contributed by atoms with van der Waals surface area (Å²) in [6.07, 6.45) is 1.88. The third-order valence-electron chi connectivity index (χ3n) is 2.18. The zero-order valence-electron chi connectivity index (χ0n) is 10.7. The van der Waals surface area contributed by atoms with Crippen molar-refractivity contribution in [2.45, 2.75) is 26.3 Å². The zero-order chi connectivity index (χ0) is 13.3. The van der Waals surface area contributed by atoms with Crippen LogP contribution in [0.15, 0.2) is 43.0 Å². The van der Waals surface area contributed by atoms with Crippen LogP contribution in [0.4, 0.5) is 0 Å². The molecule has 0 aliphatic carbocycles. The average Bonchev–Trinajstić information content (AvgIpc) is 2.27. The molecule has 0 fully saturated rings. The van der Waals surface area contributed by atoms with E-state index in [2.05, 4.69) is 50.0 Å². The molecule has 1 aromatic carbocycles. The molecule has 1 rings (SSSR count). The Kier molecular flexibility index (Phi) is 6.91. The lowest BCUT2D eigenvalue weighted by atomic mass is 9.94. The summed E-state index contributed by atoms with van der Waals surface area (Å²) in [4.78, 5) is 9.00. The van der Waals surface area contributed by atoms with E-state index in [0.717, 1.165) is 13.5 Å². The predicted molar refractivity (Wildman–Crippen MR) is 71.0 cm³/mol. The van der Waals surface area contributed by atoms with Crippen LogP contribution in [-0.2, 0) is 10.3 Å². The molecule has 0 radical (unpaired) electrons. The molecule has 94 valence electrons. The summed E-state index contributed by atoms with van der Waals surface area (Å²) in [6, 6.07) is 10.4. The molecule has 0 amide bonds. The Balaban J connectivity index is 0.000000557. The second kappa shape index (κ2) is 7.63. The molecule has 0 bridgehead atoms. The number of carboxylic acids is 1. The SMILES string of the molecule is C=CCNC(C)(C)c1ccccc1.CC(=O)O. The average molecular weight is 235 g/mol. The fourth-order valence-electron chi connectivity index (χ4n) is 1.28. The van der Waals surface area contributed by atoms with Crippen molar-refractivity contribution in [3.8, 4) is 0 Å². The molecule has 1 aromatic rings. The maximum Gasteiger partial charge on any atom is 0.300 e. The van der Waals surface area contributed by atoms with Gasteiger partial charge in [0.05, 0.1) is 0 Å². The van der Waals surface area contributed by atoms with Crippen LogP contribution in [0.2, 0.25) is 0 Å². The molecule has 0 aliphatic rings. The zero-order valence-corrected chi connectivity index (χ0v) is 10.7. The Hall–Kier alpha value is -1.61. The summed E-state index contributed by atoms with van der Waals surface area (Å²) in [5.41, 5.74) is 1.33. The van der Waals surface area contributed by atoms with Gasteiger partial charge in [0.2, 0.25) is 0 Å². The van der Waals surface area contributed by atoms with Crippen LogP contribution in [0.25, 0.3) is 0 Å². The van der Waals surface area contributed by atoms with E-state index in [1.54, 1.807) is 0 Å². The van der Waals surface area contributed by atoms with Gasteiger partial charge in [0.15, 0.2) is 0 Å². The van der Waals surface area contributed by atoms with Crippen molar-refractivity contribution in [3.05, 3.63) is 48.6 Å². The monoisotopic (exact) mass is 235 g/mol. The second-order valence-corrected chi connectivity index (χ2v) is 4.18. The fraction of sp³-hybridized carbons (Fsp3) is 0.357. The van der Waals surface area contributed by atoms with E-state index in [0.29, 0.717) is 0 Å². The summed E-state index contributed by atoms with van der Waals surface area (Å²) >= 11 is 0. The van der Waals surface area contributed by atoms with Crippen LogP contribution in [0.1, 0.15) is 26.3 Å². The summed E-state index contributed by atoms with van der Waals surface area (Å²) < 4.78 is 0. The number of benzene rings is 1. The minimum absolute atomic E-state index is 0.0233. The predicted octanol–water partition coefficient (Wildman–Crippen LogP) is 2.79. The largest absolute Gasteiger partial charge is 0.481 e. The quantitative estimate of drug-likeness (QED) is 0.789. The molecule has 0 saturated carbocycles. The first kappa shape index (κ1) is 15.4. The number of aliphatic carboxylic acids is 1. The van der Waals surface area contributed by atoms with Crippen molar-refractivity contribution in [1.82, 2.24) is 5.32 Å². The highest BCUT2D eigenvalue weighted by atomic mass is 16.4. The first-order valence-electron chi connectivity index (χ1n) is 5.51. The minimum atomic E-state index is -0.833. The van der Waals surface area contributed by atoms with Crippen molar-refractivity contribution in [2.24, 2.45) is 0 Å². The molecule has 0 atom stereocenters. The third-order valence-corrected chi connectivity index (χ3v) is 2.18. The van der Waals surface area contributed by atoms with Gasteiger partial charge in [0, 0.05) is 19.0 Å². The molecule has 0 unspecified atom stereocenters. The number of carbonyl (C=O) groups is 1. The first-order valence-corrected chi connectivity index (χ1v) is 5.51. The van der Waals surface area contributed by atoms with Gasteiger partial charge < -0.3 is 10.4 Å². The van der Waals surface area contributed by atoms with Crippen molar-refractivity contribution < 1.29 is 9.90 Å². The van der Waals surface area contributed by atoms with Gasteiger partial charge in [0.1, 0.15) is 0 Å². The lowest BCUT2D eigenvalue weighted by Gasteiger charge is -2.26. The molecule has 3 nitrogen and oxygen atoms in total. The Bertz CT molecular complexity index is 340. The van der Waals surface area contributed by atoms with Crippen LogP contribution < -0.4 is 5.32 Å². The van der Waals surface area contributed by atoms with Gasteiger partial charge >= 0.3 is 0 Å². The molecule has 0 aliphatic heterocycles. The topological polar surface area (TPSA) is 49.3 Å². The molecule has 0 spiro atoms. The van der Waals surface area contributed by atoms with Crippen molar-refractivity contribution in [3.63, 3.8) is 0 Å². The molecule has 2 N–H and O–H groups in total. The van der Waals surface area contributed by atoms with Gasteiger partial charge in [-0.1, -0.05) is 36.4 Å². The van der Waals surface area contributed by atoms with E-state index in [4.69, 9.17) is 9.90 Å². The summed E-state index contributed by atoms with van der Waals surface area (Å²) in [5, 5.41) is 10.8. The molecule has 17 heavy (non-hydrogen) atoms. The van der Waals surface area contributed by atoms with Crippen LogP contribution in [-0.4, -0.2) is 17.6 Å². The second-order valence-electron chi connectivity index (χ2n) is 4.18. The van der Waals surface area contributed by atoms with Crippen LogP contribution in [0, 0.1) is 0 Å². The molecule has 0 aromatic heterocycles. The van der Waals surface area contributed by atoms with Gasteiger partial charge in [-0.05, 0) is 19.4 Å². The highest BCUT2D eigenvalue weighted by Gasteiger charge is 2.17. The van der Waals surface area contributed by atoms with E-state index in [1.807, 2.05) is 12.1 Å². The Morgan fingerprint density at radius 1 is 1.41 bits per heavy atom. The normalized spacial score (nSPS) is 10.1. The van der Waals surface area contributed by atoms with E-state index in [1.165, 1.54) is 5.56 Å². The van der Waals surface area contributed by atoms with Crippen molar-refractivity contribution in [2.75, 3.05) is 6.54 Å². The summed E-state index contributed by atoms with van der Waals surface area (Å²) in [5.74, 6) is -0.833. The van der Waals surface area contributed by atoms with E-state index in [9.17, 15) is 0 Å². The first-order chi connectivity index (χ1) is 7.90. The Morgan fingerprint density at radius 3 is 2.29 bits per heavy atom. The number of hydrogen-bond acceptors (Lipinski definition) is 2. The van der Waals surface area contributed by atoms with E-state index in [-0.39, 0.29) is 5.54 Å².